The molecular formula is C12H24N2O. The quantitative estimate of drug-likeness (QED) is 0.703. The van der Waals surface area contributed by atoms with Gasteiger partial charge in [0.05, 0.1) is 0 Å². The minimum Gasteiger partial charge on any atom is -0.356 e. The Balaban J connectivity index is 2.02. The zero-order valence-corrected chi connectivity index (χ0v) is 10.1. The van der Waals surface area contributed by atoms with E-state index in [9.17, 15) is 4.79 Å². The fourth-order valence-electron chi connectivity index (χ4n) is 2.15. The smallest absolute Gasteiger partial charge is 0.219 e. The fraction of sp³-hybridized carbons (Fsp3) is 0.917. The molecule has 1 rings (SSSR count). The summed E-state index contributed by atoms with van der Waals surface area (Å²) in [7, 11) is 0. The highest BCUT2D eigenvalue weighted by Gasteiger charge is 2.15. The summed E-state index contributed by atoms with van der Waals surface area (Å²) >= 11 is 0. The first-order valence-electron chi connectivity index (χ1n) is 6.21. The van der Waals surface area contributed by atoms with Crippen LogP contribution in [0.2, 0.25) is 0 Å². The maximum atomic E-state index is 11.0. The molecule has 0 aromatic carbocycles. The summed E-state index contributed by atoms with van der Waals surface area (Å²) in [6, 6.07) is 0. The van der Waals surface area contributed by atoms with Gasteiger partial charge in [-0.25, -0.2) is 0 Å². The topological polar surface area (TPSA) is 32.3 Å². The van der Waals surface area contributed by atoms with Gasteiger partial charge in [0, 0.05) is 19.5 Å². The standard InChI is InChI=1S/C12H24N2O/c1-3-12(15)13-7-5-9-14-8-4-6-11(2)10-14/h11H,3-10H2,1-2H3,(H,13,15). The number of nitrogens with zero attached hydrogens (tertiary/aromatic N) is 1. The van der Waals surface area contributed by atoms with Crippen molar-refractivity contribution in [2.45, 2.75) is 39.5 Å². The summed E-state index contributed by atoms with van der Waals surface area (Å²) in [5.74, 6) is 1.02. The second-order valence-electron chi connectivity index (χ2n) is 4.61. The van der Waals surface area contributed by atoms with E-state index in [1.54, 1.807) is 0 Å². The van der Waals surface area contributed by atoms with E-state index in [4.69, 9.17) is 0 Å². The first kappa shape index (κ1) is 12.5. The highest BCUT2D eigenvalue weighted by atomic mass is 16.1. The maximum Gasteiger partial charge on any atom is 0.219 e. The lowest BCUT2D eigenvalue weighted by atomic mass is 10.0. The van der Waals surface area contributed by atoms with Gasteiger partial charge in [0.25, 0.3) is 0 Å². The van der Waals surface area contributed by atoms with Gasteiger partial charge in [-0.2, -0.15) is 0 Å². The Labute approximate surface area is 93.2 Å². The molecule has 1 unspecified atom stereocenters. The Kier molecular flexibility index (Phi) is 5.69. The number of hydrogen-bond acceptors (Lipinski definition) is 2. The predicted molar refractivity (Wildman–Crippen MR) is 62.8 cm³/mol. The van der Waals surface area contributed by atoms with E-state index in [0.717, 1.165) is 25.4 Å². The first-order chi connectivity index (χ1) is 7.22. The van der Waals surface area contributed by atoms with Crippen molar-refractivity contribution in [2.24, 2.45) is 5.92 Å². The van der Waals surface area contributed by atoms with E-state index < -0.39 is 0 Å². The summed E-state index contributed by atoms with van der Waals surface area (Å²) < 4.78 is 0. The van der Waals surface area contributed by atoms with Crippen LogP contribution in [-0.4, -0.2) is 37.0 Å². The van der Waals surface area contributed by atoms with Crippen LogP contribution in [0, 0.1) is 5.92 Å². The molecule has 1 amide bonds. The van der Waals surface area contributed by atoms with Gasteiger partial charge in [-0.3, -0.25) is 4.79 Å². The van der Waals surface area contributed by atoms with Crippen LogP contribution in [0.3, 0.4) is 0 Å². The minimum atomic E-state index is 0.169. The van der Waals surface area contributed by atoms with Crippen LogP contribution in [0.4, 0.5) is 0 Å². The van der Waals surface area contributed by atoms with Crippen molar-refractivity contribution in [2.75, 3.05) is 26.2 Å². The van der Waals surface area contributed by atoms with Crippen molar-refractivity contribution in [3.05, 3.63) is 0 Å². The molecule has 0 radical (unpaired) electrons. The molecule has 0 aromatic heterocycles. The molecule has 0 aliphatic carbocycles. The number of amides is 1. The number of hydrogen-bond donors (Lipinski definition) is 1. The zero-order chi connectivity index (χ0) is 11.1. The van der Waals surface area contributed by atoms with Crippen LogP contribution >= 0.6 is 0 Å². The number of likely N-dealkylation sites (tertiary alicyclic amines) is 1. The third-order valence-electron chi connectivity index (χ3n) is 3.04. The lowest BCUT2D eigenvalue weighted by Crippen LogP contribution is -2.36. The van der Waals surface area contributed by atoms with E-state index in [-0.39, 0.29) is 5.91 Å². The molecule has 0 spiro atoms. The number of carbonyl (C=O) groups is 1. The molecule has 1 heterocycles. The van der Waals surface area contributed by atoms with E-state index in [1.165, 1.54) is 25.9 Å². The highest BCUT2D eigenvalue weighted by molar-refractivity contribution is 5.75. The van der Waals surface area contributed by atoms with Gasteiger partial charge in [0.2, 0.25) is 5.91 Å². The van der Waals surface area contributed by atoms with E-state index in [2.05, 4.69) is 17.1 Å². The largest absolute Gasteiger partial charge is 0.356 e. The first-order valence-corrected chi connectivity index (χ1v) is 6.21. The monoisotopic (exact) mass is 212 g/mol. The molecule has 0 saturated carbocycles. The van der Waals surface area contributed by atoms with Crippen LogP contribution in [0.25, 0.3) is 0 Å². The van der Waals surface area contributed by atoms with Crippen molar-refractivity contribution in [1.29, 1.82) is 0 Å². The van der Waals surface area contributed by atoms with Crippen molar-refractivity contribution in [3.63, 3.8) is 0 Å². The van der Waals surface area contributed by atoms with Gasteiger partial charge in [-0.05, 0) is 38.3 Å². The Morgan fingerprint density at radius 3 is 3.00 bits per heavy atom. The number of rotatable bonds is 5. The van der Waals surface area contributed by atoms with Crippen LogP contribution in [0.5, 0.6) is 0 Å². The summed E-state index contributed by atoms with van der Waals surface area (Å²) in [5, 5.41) is 2.92. The number of piperidine rings is 1. The highest BCUT2D eigenvalue weighted by Crippen LogP contribution is 2.15. The Morgan fingerprint density at radius 2 is 2.33 bits per heavy atom. The average Bonchev–Trinajstić information content (AvgIpc) is 2.24. The van der Waals surface area contributed by atoms with Crippen molar-refractivity contribution in [1.82, 2.24) is 10.2 Å². The summed E-state index contributed by atoms with van der Waals surface area (Å²) in [6.07, 6.45) is 4.39. The maximum absolute atomic E-state index is 11.0. The molecule has 1 aliphatic rings. The van der Waals surface area contributed by atoms with Gasteiger partial charge in [-0.15, -0.1) is 0 Å². The van der Waals surface area contributed by atoms with Crippen molar-refractivity contribution >= 4 is 5.91 Å². The zero-order valence-electron chi connectivity index (χ0n) is 10.1. The normalized spacial score (nSPS) is 22.7. The fourth-order valence-corrected chi connectivity index (χ4v) is 2.15. The number of nitrogens with one attached hydrogen (secondary N) is 1. The molecule has 1 aliphatic heterocycles. The molecule has 1 saturated heterocycles. The molecule has 3 nitrogen and oxygen atoms in total. The third-order valence-corrected chi connectivity index (χ3v) is 3.04. The molecule has 15 heavy (non-hydrogen) atoms. The Hall–Kier alpha value is -0.570. The van der Waals surface area contributed by atoms with E-state index in [0.29, 0.717) is 6.42 Å². The molecule has 1 fully saturated rings. The summed E-state index contributed by atoms with van der Waals surface area (Å²) in [4.78, 5) is 13.5. The van der Waals surface area contributed by atoms with Crippen LogP contribution in [-0.2, 0) is 4.79 Å². The Bertz CT molecular complexity index is 194. The Morgan fingerprint density at radius 1 is 1.53 bits per heavy atom. The molecule has 88 valence electrons. The molecule has 0 aromatic rings. The van der Waals surface area contributed by atoms with Crippen LogP contribution < -0.4 is 5.32 Å². The second kappa shape index (κ2) is 6.83. The third kappa shape index (κ3) is 5.17. The average molecular weight is 212 g/mol. The van der Waals surface area contributed by atoms with Crippen molar-refractivity contribution < 1.29 is 4.79 Å². The summed E-state index contributed by atoms with van der Waals surface area (Å²) in [5.41, 5.74) is 0. The molecule has 0 bridgehead atoms. The SMILES string of the molecule is CCC(=O)NCCCN1CCCC(C)C1. The van der Waals surface area contributed by atoms with E-state index >= 15 is 0 Å². The molecule has 3 heteroatoms. The molecular weight excluding hydrogens is 188 g/mol. The van der Waals surface area contributed by atoms with Gasteiger partial charge in [-0.1, -0.05) is 13.8 Å². The van der Waals surface area contributed by atoms with Gasteiger partial charge in [0.1, 0.15) is 0 Å². The van der Waals surface area contributed by atoms with Crippen molar-refractivity contribution in [3.8, 4) is 0 Å². The molecule has 1 N–H and O–H groups in total. The minimum absolute atomic E-state index is 0.169. The lowest BCUT2D eigenvalue weighted by molar-refractivity contribution is -0.120. The van der Waals surface area contributed by atoms with Gasteiger partial charge >= 0.3 is 0 Å². The predicted octanol–water partition coefficient (Wildman–Crippen LogP) is 1.63. The lowest BCUT2D eigenvalue weighted by Gasteiger charge is -2.30. The second-order valence-corrected chi connectivity index (χ2v) is 4.61. The van der Waals surface area contributed by atoms with Crippen LogP contribution in [0.1, 0.15) is 39.5 Å². The van der Waals surface area contributed by atoms with Crippen LogP contribution in [0.15, 0.2) is 0 Å². The van der Waals surface area contributed by atoms with E-state index in [1.807, 2.05) is 6.92 Å². The number of carbonyl (C=O) groups excluding carboxylic acids is 1. The van der Waals surface area contributed by atoms with Gasteiger partial charge in [0.15, 0.2) is 0 Å². The summed E-state index contributed by atoms with van der Waals surface area (Å²) in [6.45, 7) is 8.66. The van der Waals surface area contributed by atoms with Gasteiger partial charge < -0.3 is 10.2 Å². The molecule has 1 atom stereocenters.